The highest BCUT2D eigenvalue weighted by atomic mass is 79.9. The number of hydrogen-bond donors (Lipinski definition) is 1. The monoisotopic (exact) mass is 303 g/mol. The van der Waals surface area contributed by atoms with Gasteiger partial charge in [-0.15, -0.1) is 0 Å². The van der Waals surface area contributed by atoms with Crippen molar-refractivity contribution in [2.45, 2.75) is 11.2 Å². The van der Waals surface area contributed by atoms with E-state index in [0.29, 0.717) is 5.69 Å². The Labute approximate surface area is 92.8 Å². The van der Waals surface area contributed by atoms with Crippen LogP contribution in [0.1, 0.15) is 15.9 Å². The highest BCUT2D eigenvalue weighted by molar-refractivity contribution is 9.10. The highest BCUT2D eigenvalue weighted by Crippen LogP contribution is 2.35. The van der Waals surface area contributed by atoms with Crippen LogP contribution in [0.15, 0.2) is 16.6 Å². The van der Waals surface area contributed by atoms with Crippen molar-refractivity contribution in [3.63, 3.8) is 0 Å². The molecule has 0 fully saturated rings. The van der Waals surface area contributed by atoms with E-state index >= 15 is 0 Å². The van der Waals surface area contributed by atoms with Gasteiger partial charge < -0.3 is 5.73 Å². The number of Topliss-reactive ketones (excluding diaryl/α,β-unsaturated/α-hetero) is 1. The van der Waals surface area contributed by atoms with E-state index in [0.717, 1.165) is 22.0 Å². The lowest BCUT2D eigenvalue weighted by atomic mass is 10.1. The largest absolute Gasteiger partial charge is 0.398 e. The molecule has 13 heavy (non-hydrogen) atoms. The lowest BCUT2D eigenvalue weighted by Crippen LogP contribution is -2.05. The molecule has 0 spiro atoms. The number of anilines is 1. The summed E-state index contributed by atoms with van der Waals surface area (Å²) in [6.45, 7) is 0. The van der Waals surface area contributed by atoms with Crippen molar-refractivity contribution in [1.82, 2.24) is 0 Å². The Morgan fingerprint density at radius 2 is 2.15 bits per heavy atom. The summed E-state index contributed by atoms with van der Waals surface area (Å²) in [6, 6.07) is 3.55. The molecule has 1 aliphatic rings. The summed E-state index contributed by atoms with van der Waals surface area (Å²) in [4.78, 5) is 11.5. The zero-order valence-corrected chi connectivity index (χ0v) is 9.85. The normalized spacial score (nSPS) is 20.5. The molecule has 68 valence electrons. The molecule has 2 nitrogen and oxygen atoms in total. The second kappa shape index (κ2) is 3.10. The minimum Gasteiger partial charge on any atom is -0.398 e. The molecule has 1 aromatic carbocycles. The van der Waals surface area contributed by atoms with E-state index in [1.54, 1.807) is 12.1 Å². The minimum atomic E-state index is -0.0828. The average Bonchev–Trinajstić information content (AvgIpc) is 2.38. The van der Waals surface area contributed by atoms with Crippen LogP contribution < -0.4 is 5.73 Å². The Hall–Kier alpha value is -0.350. The molecule has 0 aromatic heterocycles. The molecule has 0 saturated carbocycles. The van der Waals surface area contributed by atoms with Gasteiger partial charge in [-0.1, -0.05) is 15.9 Å². The van der Waals surface area contributed by atoms with Crippen molar-refractivity contribution in [2.75, 3.05) is 5.73 Å². The maximum Gasteiger partial charge on any atom is 0.177 e. The number of hydrogen-bond acceptors (Lipinski definition) is 2. The quantitative estimate of drug-likeness (QED) is 0.591. The molecule has 0 aliphatic heterocycles. The van der Waals surface area contributed by atoms with Crippen LogP contribution in [-0.2, 0) is 6.42 Å². The molecule has 1 atom stereocenters. The standard InChI is InChI=1S/C9H7Br2NO/c10-6-3-5-4(9(6)13)1-2-7(12)8(5)11/h1-2,6H,3,12H2/t6-/m1/s1. The van der Waals surface area contributed by atoms with Crippen molar-refractivity contribution in [2.24, 2.45) is 0 Å². The Morgan fingerprint density at radius 1 is 1.46 bits per heavy atom. The van der Waals surface area contributed by atoms with Crippen molar-refractivity contribution < 1.29 is 4.79 Å². The molecular weight excluding hydrogens is 298 g/mol. The van der Waals surface area contributed by atoms with E-state index in [1.807, 2.05) is 0 Å². The third kappa shape index (κ3) is 1.32. The summed E-state index contributed by atoms with van der Waals surface area (Å²) in [5.74, 6) is 0.149. The van der Waals surface area contributed by atoms with E-state index in [-0.39, 0.29) is 10.6 Å². The maximum absolute atomic E-state index is 11.6. The van der Waals surface area contributed by atoms with Crippen molar-refractivity contribution in [3.05, 3.63) is 27.7 Å². The zero-order valence-electron chi connectivity index (χ0n) is 6.68. The Morgan fingerprint density at radius 3 is 2.85 bits per heavy atom. The van der Waals surface area contributed by atoms with Crippen LogP contribution in [0.4, 0.5) is 5.69 Å². The SMILES string of the molecule is Nc1ccc2c(c1Br)C[C@@H](Br)C2=O. The van der Waals surface area contributed by atoms with E-state index in [4.69, 9.17) is 5.73 Å². The summed E-state index contributed by atoms with van der Waals surface area (Å²) in [5.41, 5.74) is 8.20. The predicted octanol–water partition coefficient (Wildman–Crippen LogP) is 2.53. The van der Waals surface area contributed by atoms with Crippen LogP contribution in [0.25, 0.3) is 0 Å². The smallest absolute Gasteiger partial charge is 0.177 e. The van der Waals surface area contributed by atoms with Gasteiger partial charge >= 0.3 is 0 Å². The minimum absolute atomic E-state index is 0.0828. The fraction of sp³-hybridized carbons (Fsp3) is 0.222. The van der Waals surface area contributed by atoms with E-state index in [9.17, 15) is 4.79 Å². The van der Waals surface area contributed by atoms with E-state index < -0.39 is 0 Å². The third-order valence-corrected chi connectivity index (χ3v) is 3.88. The summed E-state index contributed by atoms with van der Waals surface area (Å²) in [5, 5.41) is 0. The number of benzene rings is 1. The number of rotatable bonds is 0. The molecule has 0 heterocycles. The number of fused-ring (bicyclic) bond motifs is 1. The third-order valence-electron chi connectivity index (χ3n) is 2.21. The zero-order chi connectivity index (χ0) is 9.59. The molecule has 2 N–H and O–H groups in total. The fourth-order valence-electron chi connectivity index (χ4n) is 1.51. The fourth-order valence-corrected chi connectivity index (χ4v) is 2.59. The highest BCUT2D eigenvalue weighted by Gasteiger charge is 2.30. The van der Waals surface area contributed by atoms with Gasteiger partial charge in [0.2, 0.25) is 0 Å². The van der Waals surface area contributed by atoms with Crippen LogP contribution in [0.3, 0.4) is 0 Å². The van der Waals surface area contributed by atoms with Crippen LogP contribution in [-0.4, -0.2) is 10.6 Å². The molecule has 0 bridgehead atoms. The van der Waals surface area contributed by atoms with Gasteiger partial charge in [0.25, 0.3) is 0 Å². The number of carbonyl (C=O) groups is 1. The van der Waals surface area contributed by atoms with Gasteiger partial charge in [-0.05, 0) is 40.0 Å². The summed E-state index contributed by atoms with van der Waals surface area (Å²) in [7, 11) is 0. The van der Waals surface area contributed by atoms with Gasteiger partial charge in [0, 0.05) is 15.7 Å². The average molecular weight is 305 g/mol. The van der Waals surface area contributed by atoms with Crippen LogP contribution in [0, 0.1) is 0 Å². The van der Waals surface area contributed by atoms with Gasteiger partial charge in [0.1, 0.15) is 0 Å². The van der Waals surface area contributed by atoms with Gasteiger partial charge in [-0.25, -0.2) is 0 Å². The lowest BCUT2D eigenvalue weighted by molar-refractivity contribution is 0.100. The van der Waals surface area contributed by atoms with Crippen LogP contribution in [0.2, 0.25) is 0 Å². The summed E-state index contributed by atoms with van der Waals surface area (Å²) < 4.78 is 0.861. The Bertz CT molecular complexity index is 389. The number of alkyl halides is 1. The molecule has 2 rings (SSSR count). The van der Waals surface area contributed by atoms with Crippen molar-refractivity contribution >= 4 is 43.3 Å². The Balaban J connectivity index is 2.64. The first kappa shape index (κ1) is 9.21. The molecular formula is C9H7Br2NO. The van der Waals surface area contributed by atoms with Crippen LogP contribution >= 0.6 is 31.9 Å². The Kier molecular flexibility index (Phi) is 2.20. The van der Waals surface area contributed by atoms with Gasteiger partial charge in [-0.2, -0.15) is 0 Å². The van der Waals surface area contributed by atoms with Crippen LogP contribution in [0.5, 0.6) is 0 Å². The number of ketones is 1. The predicted molar refractivity (Wildman–Crippen MR) is 59.3 cm³/mol. The van der Waals surface area contributed by atoms with Crippen molar-refractivity contribution in [3.8, 4) is 0 Å². The lowest BCUT2D eigenvalue weighted by Gasteiger charge is -2.03. The molecule has 0 amide bonds. The number of nitrogens with two attached hydrogens (primary N) is 1. The number of halogens is 2. The second-order valence-electron chi connectivity index (χ2n) is 3.03. The molecule has 0 radical (unpaired) electrons. The first-order valence-electron chi connectivity index (χ1n) is 3.86. The summed E-state index contributed by atoms with van der Waals surface area (Å²) in [6.07, 6.45) is 0.722. The topological polar surface area (TPSA) is 43.1 Å². The summed E-state index contributed by atoms with van der Waals surface area (Å²) >= 11 is 6.72. The van der Waals surface area contributed by atoms with Gasteiger partial charge in [-0.3, -0.25) is 4.79 Å². The second-order valence-corrected chi connectivity index (χ2v) is 4.93. The van der Waals surface area contributed by atoms with Gasteiger partial charge in [0.15, 0.2) is 5.78 Å². The molecule has 0 saturated heterocycles. The first-order chi connectivity index (χ1) is 6.11. The van der Waals surface area contributed by atoms with Gasteiger partial charge in [0.05, 0.1) is 4.83 Å². The number of carbonyl (C=O) groups excluding carboxylic acids is 1. The maximum atomic E-state index is 11.6. The molecule has 0 unspecified atom stereocenters. The van der Waals surface area contributed by atoms with E-state index in [2.05, 4.69) is 31.9 Å². The molecule has 4 heteroatoms. The first-order valence-corrected chi connectivity index (χ1v) is 5.57. The van der Waals surface area contributed by atoms with E-state index in [1.165, 1.54) is 0 Å². The molecule has 1 aliphatic carbocycles. The van der Waals surface area contributed by atoms with Crippen molar-refractivity contribution in [1.29, 1.82) is 0 Å². The molecule has 1 aromatic rings. The number of nitrogen functional groups attached to an aromatic ring is 1.